The normalized spacial score (nSPS) is 18.9. The number of likely N-dealkylation sites (tertiary alicyclic amines) is 1. The van der Waals surface area contributed by atoms with Crippen LogP contribution in [0.2, 0.25) is 0 Å². The number of nitrogens with two attached hydrogens (primary N) is 1. The number of amides is 2. The Kier molecular flexibility index (Phi) is 10.4. The van der Waals surface area contributed by atoms with Crippen molar-refractivity contribution < 1.29 is 35.9 Å². The molecule has 0 bridgehead atoms. The molecule has 43 heavy (non-hydrogen) atoms. The summed E-state index contributed by atoms with van der Waals surface area (Å²) in [6.07, 6.45) is -8.36. The number of carbonyl (C=O) groups is 2. The van der Waals surface area contributed by atoms with E-state index >= 15 is 0 Å². The molecule has 2 aliphatic heterocycles. The van der Waals surface area contributed by atoms with Gasteiger partial charge in [-0.15, -0.1) is 0 Å². The van der Waals surface area contributed by atoms with Gasteiger partial charge in [0.25, 0.3) is 0 Å². The molecule has 1 unspecified atom stereocenters. The summed E-state index contributed by atoms with van der Waals surface area (Å²) >= 11 is 0. The fraction of sp³-hybridized carbons (Fsp3) is 0.533. The maximum absolute atomic E-state index is 13.8. The minimum atomic E-state index is -4.93. The Labute approximate surface area is 247 Å². The summed E-state index contributed by atoms with van der Waals surface area (Å²) in [5.74, 6) is -0.614. The first-order valence-electron chi connectivity index (χ1n) is 14.3. The molecule has 0 aliphatic carbocycles. The Morgan fingerprint density at radius 1 is 0.884 bits per heavy atom. The number of rotatable bonds is 9. The molecule has 0 spiro atoms. The molecule has 2 saturated heterocycles. The van der Waals surface area contributed by atoms with E-state index in [9.17, 15) is 35.9 Å². The molecule has 7 nitrogen and oxygen atoms in total. The highest BCUT2D eigenvalue weighted by Crippen LogP contribution is 2.36. The summed E-state index contributed by atoms with van der Waals surface area (Å²) < 4.78 is 79.9. The first kappa shape index (κ1) is 32.7. The standard InChI is InChI=1S/C30H37F6N5O2/c1-38(10-7-21-17-23(29(31,32)33)19-24(18-21)30(34,35)36)28(43)27(22-5-3-2-4-6-22)41-11-8-25(9-12-41)40-15-13-39(14-16-40)20-26(37)42/h2-6,17-19,25,27H,7-16,20H2,1H3,(H2,37,42). The topological polar surface area (TPSA) is 73.1 Å². The van der Waals surface area contributed by atoms with Gasteiger partial charge in [0.2, 0.25) is 11.8 Å². The van der Waals surface area contributed by atoms with Crippen molar-refractivity contribution in [1.29, 1.82) is 0 Å². The van der Waals surface area contributed by atoms with E-state index in [2.05, 4.69) is 9.80 Å². The summed E-state index contributed by atoms with van der Waals surface area (Å²) in [4.78, 5) is 33.0. The lowest BCUT2D eigenvalue weighted by Gasteiger charge is -2.44. The Bertz CT molecular complexity index is 1210. The molecule has 0 saturated carbocycles. The summed E-state index contributed by atoms with van der Waals surface area (Å²) in [7, 11) is 1.52. The fourth-order valence-corrected chi connectivity index (χ4v) is 5.94. The second-order valence-electron chi connectivity index (χ2n) is 11.3. The van der Waals surface area contributed by atoms with Crippen molar-refractivity contribution in [1.82, 2.24) is 19.6 Å². The smallest absolute Gasteiger partial charge is 0.369 e. The minimum absolute atomic E-state index is 0.0488. The van der Waals surface area contributed by atoms with Gasteiger partial charge >= 0.3 is 12.4 Å². The van der Waals surface area contributed by atoms with E-state index in [0.717, 1.165) is 44.6 Å². The van der Waals surface area contributed by atoms with Gasteiger partial charge in [-0.25, -0.2) is 0 Å². The number of hydrogen-bond acceptors (Lipinski definition) is 5. The average Bonchev–Trinajstić information content (AvgIpc) is 2.96. The third kappa shape index (κ3) is 8.70. The van der Waals surface area contributed by atoms with Gasteiger partial charge < -0.3 is 10.6 Å². The van der Waals surface area contributed by atoms with Crippen LogP contribution in [-0.4, -0.2) is 96.9 Å². The van der Waals surface area contributed by atoms with Crippen molar-refractivity contribution in [2.45, 2.75) is 43.7 Å². The first-order chi connectivity index (χ1) is 20.2. The maximum atomic E-state index is 13.8. The number of nitrogens with zero attached hydrogens (tertiary/aromatic N) is 4. The minimum Gasteiger partial charge on any atom is -0.369 e. The van der Waals surface area contributed by atoms with Crippen molar-refractivity contribution in [2.24, 2.45) is 5.73 Å². The second kappa shape index (κ2) is 13.6. The SMILES string of the molecule is CN(CCc1cc(C(F)(F)F)cc(C(F)(F)F)c1)C(=O)C(c1ccccc1)N1CCC(N2CCN(CC(N)=O)CC2)CC1. The Morgan fingerprint density at radius 3 is 1.95 bits per heavy atom. The van der Waals surface area contributed by atoms with Gasteiger partial charge in [0.1, 0.15) is 6.04 Å². The van der Waals surface area contributed by atoms with Gasteiger partial charge in [-0.05, 0) is 48.6 Å². The lowest BCUT2D eigenvalue weighted by molar-refractivity contribution is -0.143. The number of likely N-dealkylation sites (N-methyl/N-ethyl adjacent to an activating group) is 1. The van der Waals surface area contributed by atoms with Crippen LogP contribution < -0.4 is 5.73 Å². The predicted molar refractivity (Wildman–Crippen MR) is 149 cm³/mol. The summed E-state index contributed by atoms with van der Waals surface area (Å²) in [6.45, 7) is 4.66. The zero-order valence-electron chi connectivity index (χ0n) is 24.0. The van der Waals surface area contributed by atoms with Crippen LogP contribution in [-0.2, 0) is 28.4 Å². The van der Waals surface area contributed by atoms with E-state index in [1.807, 2.05) is 35.2 Å². The molecule has 2 aromatic rings. The molecule has 2 aromatic carbocycles. The number of alkyl halides is 6. The number of carbonyl (C=O) groups excluding carboxylic acids is 2. The van der Waals surface area contributed by atoms with Crippen LogP contribution in [0.4, 0.5) is 26.3 Å². The quantitative estimate of drug-likeness (QED) is 0.433. The van der Waals surface area contributed by atoms with Crippen LogP contribution in [0.3, 0.4) is 0 Å². The predicted octanol–water partition coefficient (Wildman–Crippen LogP) is 4.03. The van der Waals surface area contributed by atoms with Crippen molar-refractivity contribution >= 4 is 11.8 Å². The second-order valence-corrected chi connectivity index (χ2v) is 11.3. The third-order valence-corrected chi connectivity index (χ3v) is 8.28. The third-order valence-electron chi connectivity index (χ3n) is 8.28. The summed E-state index contributed by atoms with van der Waals surface area (Å²) in [5.41, 5.74) is 3.21. The molecule has 4 rings (SSSR count). The van der Waals surface area contributed by atoms with E-state index in [1.54, 1.807) is 0 Å². The number of piperazine rings is 1. The van der Waals surface area contributed by atoms with E-state index in [4.69, 9.17) is 5.73 Å². The molecule has 1 atom stereocenters. The largest absolute Gasteiger partial charge is 0.416 e. The molecular formula is C30H37F6N5O2. The highest BCUT2D eigenvalue weighted by molar-refractivity contribution is 5.83. The molecule has 2 fully saturated rings. The Hall–Kier alpha value is -3.16. The van der Waals surface area contributed by atoms with Crippen LogP contribution in [0.1, 0.15) is 41.1 Å². The van der Waals surface area contributed by atoms with Crippen molar-refractivity contribution in [2.75, 3.05) is 59.4 Å². The molecule has 0 radical (unpaired) electrons. The zero-order valence-corrected chi connectivity index (χ0v) is 24.0. The fourth-order valence-electron chi connectivity index (χ4n) is 5.94. The van der Waals surface area contributed by atoms with Crippen molar-refractivity contribution in [3.63, 3.8) is 0 Å². The Morgan fingerprint density at radius 2 is 1.44 bits per heavy atom. The van der Waals surface area contributed by atoms with E-state index in [-0.39, 0.29) is 43.0 Å². The summed E-state index contributed by atoms with van der Waals surface area (Å²) in [5, 5.41) is 0. The molecule has 13 heteroatoms. The molecule has 236 valence electrons. The van der Waals surface area contributed by atoms with E-state index < -0.39 is 29.5 Å². The lowest BCUT2D eigenvalue weighted by atomic mass is 9.96. The molecule has 2 amide bonds. The number of halogens is 6. The monoisotopic (exact) mass is 613 g/mol. The Balaban J connectivity index is 1.42. The van der Waals surface area contributed by atoms with Crippen molar-refractivity contribution in [3.05, 3.63) is 70.8 Å². The van der Waals surface area contributed by atoms with Crippen LogP contribution in [0.15, 0.2) is 48.5 Å². The molecule has 2 aliphatic rings. The number of piperidine rings is 1. The summed E-state index contributed by atoms with van der Waals surface area (Å²) in [6, 6.07) is 10.4. The number of hydrogen-bond donors (Lipinski definition) is 1. The molecular weight excluding hydrogens is 576 g/mol. The molecule has 2 N–H and O–H groups in total. The zero-order chi connectivity index (χ0) is 31.4. The molecule has 2 heterocycles. The highest BCUT2D eigenvalue weighted by Gasteiger charge is 2.38. The maximum Gasteiger partial charge on any atom is 0.416 e. The van der Waals surface area contributed by atoms with Crippen LogP contribution in [0.25, 0.3) is 0 Å². The first-order valence-corrected chi connectivity index (χ1v) is 14.3. The lowest BCUT2D eigenvalue weighted by Crippen LogP contribution is -2.55. The van der Waals surface area contributed by atoms with Gasteiger partial charge in [-0.1, -0.05) is 30.3 Å². The van der Waals surface area contributed by atoms with Crippen LogP contribution in [0, 0.1) is 0 Å². The van der Waals surface area contributed by atoms with Gasteiger partial charge in [-0.2, -0.15) is 26.3 Å². The van der Waals surface area contributed by atoms with Gasteiger partial charge in [-0.3, -0.25) is 24.3 Å². The van der Waals surface area contributed by atoms with E-state index in [1.165, 1.54) is 11.9 Å². The average molecular weight is 614 g/mol. The highest BCUT2D eigenvalue weighted by atomic mass is 19.4. The van der Waals surface area contributed by atoms with E-state index in [0.29, 0.717) is 31.3 Å². The van der Waals surface area contributed by atoms with Crippen molar-refractivity contribution in [3.8, 4) is 0 Å². The molecule has 0 aromatic heterocycles. The van der Waals surface area contributed by atoms with Gasteiger partial charge in [0.05, 0.1) is 17.7 Å². The number of benzene rings is 2. The number of primary amides is 1. The van der Waals surface area contributed by atoms with Gasteiger partial charge in [0, 0.05) is 58.9 Å². The van der Waals surface area contributed by atoms with Crippen LogP contribution >= 0.6 is 0 Å². The van der Waals surface area contributed by atoms with Crippen LogP contribution in [0.5, 0.6) is 0 Å². The van der Waals surface area contributed by atoms with Gasteiger partial charge in [0.15, 0.2) is 0 Å².